The van der Waals surface area contributed by atoms with E-state index in [1.165, 1.54) is 5.56 Å². The van der Waals surface area contributed by atoms with Gasteiger partial charge in [-0.3, -0.25) is 9.89 Å². The highest BCUT2D eigenvalue weighted by Gasteiger charge is 2.19. The molecular formula is C22H40IN5O2. The van der Waals surface area contributed by atoms with E-state index in [-0.39, 0.29) is 24.0 Å². The number of piperazine rings is 1. The van der Waals surface area contributed by atoms with Gasteiger partial charge in [0.05, 0.1) is 6.61 Å². The minimum absolute atomic E-state index is 0. The summed E-state index contributed by atoms with van der Waals surface area (Å²) >= 11 is 0. The Balaban J connectivity index is 0.00000450. The second kappa shape index (κ2) is 14.8. The number of ether oxygens (including phenoxy) is 2. The lowest BCUT2D eigenvalue weighted by molar-refractivity contribution is 0.120. The molecule has 0 aliphatic carbocycles. The van der Waals surface area contributed by atoms with E-state index in [2.05, 4.69) is 64.5 Å². The Morgan fingerprint density at radius 3 is 2.57 bits per heavy atom. The third kappa shape index (κ3) is 9.36. The number of aliphatic imine (C=N–C) groups is 1. The zero-order valence-electron chi connectivity index (χ0n) is 19.2. The van der Waals surface area contributed by atoms with Crippen molar-refractivity contribution in [2.75, 3.05) is 67.1 Å². The molecule has 0 radical (unpaired) electrons. The van der Waals surface area contributed by atoms with E-state index >= 15 is 0 Å². The topological polar surface area (TPSA) is 61.4 Å². The largest absolute Gasteiger partial charge is 0.493 e. The number of rotatable bonds is 10. The van der Waals surface area contributed by atoms with Gasteiger partial charge in [0.2, 0.25) is 0 Å². The average molecular weight is 533 g/mol. The Hall–Kier alpha value is -1.10. The maximum atomic E-state index is 5.98. The number of likely N-dealkylation sites (N-methyl/N-ethyl adjacent to an activating group) is 1. The Labute approximate surface area is 199 Å². The number of benzene rings is 1. The van der Waals surface area contributed by atoms with Crippen LogP contribution < -0.4 is 15.4 Å². The van der Waals surface area contributed by atoms with Crippen molar-refractivity contribution in [3.63, 3.8) is 0 Å². The molecule has 1 atom stereocenters. The number of nitrogens with zero attached hydrogens (tertiary/aromatic N) is 3. The molecule has 1 aromatic carbocycles. The van der Waals surface area contributed by atoms with Crippen LogP contribution in [-0.2, 0) is 11.3 Å². The van der Waals surface area contributed by atoms with Gasteiger partial charge in [-0.05, 0) is 32.5 Å². The quantitative estimate of drug-likeness (QED) is 0.209. The van der Waals surface area contributed by atoms with Crippen LogP contribution in [0.3, 0.4) is 0 Å². The van der Waals surface area contributed by atoms with E-state index in [4.69, 9.17) is 9.47 Å². The van der Waals surface area contributed by atoms with Crippen molar-refractivity contribution >= 4 is 29.9 Å². The second-order valence-electron chi connectivity index (χ2n) is 7.80. The van der Waals surface area contributed by atoms with Crippen molar-refractivity contribution in [1.82, 2.24) is 20.4 Å². The summed E-state index contributed by atoms with van der Waals surface area (Å²) in [6.45, 7) is 11.8. The molecule has 30 heavy (non-hydrogen) atoms. The van der Waals surface area contributed by atoms with Crippen molar-refractivity contribution in [3.8, 4) is 5.75 Å². The molecule has 2 N–H and O–H groups in total. The lowest BCUT2D eigenvalue weighted by atomic mass is 10.1. The first-order chi connectivity index (χ1) is 14.0. The van der Waals surface area contributed by atoms with Gasteiger partial charge in [-0.15, -0.1) is 24.0 Å². The highest BCUT2D eigenvalue weighted by Crippen LogP contribution is 2.20. The van der Waals surface area contributed by atoms with Crippen LogP contribution in [0.15, 0.2) is 23.2 Å². The molecule has 8 heteroatoms. The number of halogens is 1. The maximum Gasteiger partial charge on any atom is 0.191 e. The lowest BCUT2D eigenvalue weighted by Crippen LogP contribution is -2.52. The standard InChI is InChI=1S/C22H39N5O2.HI/c1-18-7-8-20(21(15-18)29-14-6-13-28-5)17-25-22(23-3)24-16-19(2)27-11-9-26(4)10-12-27;/h7-8,15,19H,6,9-14,16-17H2,1-5H3,(H2,23,24,25);1H. The average Bonchev–Trinajstić information content (AvgIpc) is 2.72. The first-order valence-electron chi connectivity index (χ1n) is 10.6. The highest BCUT2D eigenvalue weighted by atomic mass is 127. The molecule has 172 valence electrons. The fourth-order valence-corrected chi connectivity index (χ4v) is 3.36. The van der Waals surface area contributed by atoms with Gasteiger partial charge in [-0.25, -0.2) is 0 Å². The van der Waals surface area contributed by atoms with Crippen LogP contribution in [-0.4, -0.2) is 88.9 Å². The number of hydrogen-bond donors (Lipinski definition) is 2. The molecule has 0 saturated carbocycles. The third-order valence-corrected chi connectivity index (χ3v) is 5.37. The Bertz CT molecular complexity index is 636. The first-order valence-corrected chi connectivity index (χ1v) is 10.6. The number of guanidine groups is 1. The molecule has 1 aliphatic rings. The minimum atomic E-state index is 0. The number of hydrogen-bond acceptors (Lipinski definition) is 5. The maximum absolute atomic E-state index is 5.98. The molecule has 0 bridgehead atoms. The SMILES string of the molecule is CN=C(NCc1ccc(C)cc1OCCCOC)NCC(C)N1CCN(C)CC1.I. The van der Waals surface area contributed by atoms with E-state index in [1.54, 1.807) is 7.11 Å². The zero-order chi connectivity index (χ0) is 21.1. The molecule has 1 unspecified atom stereocenters. The third-order valence-electron chi connectivity index (χ3n) is 5.37. The summed E-state index contributed by atoms with van der Waals surface area (Å²) in [6.07, 6.45) is 0.880. The highest BCUT2D eigenvalue weighted by molar-refractivity contribution is 14.0. The van der Waals surface area contributed by atoms with Crippen LogP contribution in [0.25, 0.3) is 0 Å². The minimum Gasteiger partial charge on any atom is -0.493 e. The van der Waals surface area contributed by atoms with Crippen LogP contribution in [0.4, 0.5) is 0 Å². The molecule has 1 saturated heterocycles. The van der Waals surface area contributed by atoms with Crippen molar-refractivity contribution < 1.29 is 9.47 Å². The molecule has 0 amide bonds. The summed E-state index contributed by atoms with van der Waals surface area (Å²) in [5.74, 6) is 1.74. The smallest absolute Gasteiger partial charge is 0.191 e. The summed E-state index contributed by atoms with van der Waals surface area (Å²) in [4.78, 5) is 9.29. The van der Waals surface area contributed by atoms with Gasteiger partial charge in [-0.1, -0.05) is 12.1 Å². The van der Waals surface area contributed by atoms with Crippen LogP contribution in [0.1, 0.15) is 24.5 Å². The van der Waals surface area contributed by atoms with Crippen LogP contribution in [0.5, 0.6) is 5.75 Å². The summed E-state index contributed by atoms with van der Waals surface area (Å²) in [5, 5.41) is 6.88. The zero-order valence-corrected chi connectivity index (χ0v) is 21.6. The van der Waals surface area contributed by atoms with Crippen molar-refractivity contribution in [2.45, 2.75) is 32.9 Å². The lowest BCUT2D eigenvalue weighted by Gasteiger charge is -2.36. The first kappa shape index (κ1) is 26.9. The van der Waals surface area contributed by atoms with E-state index in [1.807, 2.05) is 7.05 Å². The fraction of sp³-hybridized carbons (Fsp3) is 0.682. The van der Waals surface area contributed by atoms with Gasteiger partial charge < -0.3 is 25.0 Å². The summed E-state index contributed by atoms with van der Waals surface area (Å²) in [5.41, 5.74) is 2.32. The normalized spacial score (nSPS) is 16.6. The molecule has 7 nitrogen and oxygen atoms in total. The van der Waals surface area contributed by atoms with Crippen molar-refractivity contribution in [2.24, 2.45) is 4.99 Å². The van der Waals surface area contributed by atoms with Crippen LogP contribution in [0.2, 0.25) is 0 Å². The molecule has 1 aliphatic heterocycles. The van der Waals surface area contributed by atoms with E-state index in [0.717, 1.165) is 56.4 Å². The number of methoxy groups -OCH3 is 1. The summed E-state index contributed by atoms with van der Waals surface area (Å²) < 4.78 is 11.1. The van der Waals surface area contributed by atoms with E-state index in [0.29, 0.717) is 25.8 Å². The van der Waals surface area contributed by atoms with Gasteiger partial charge in [-0.2, -0.15) is 0 Å². The van der Waals surface area contributed by atoms with E-state index in [9.17, 15) is 0 Å². The molecule has 1 aromatic rings. The predicted octanol–water partition coefficient (Wildman–Crippen LogP) is 2.33. The van der Waals surface area contributed by atoms with Gasteiger partial charge in [0.25, 0.3) is 0 Å². The van der Waals surface area contributed by atoms with Gasteiger partial charge in [0, 0.05) is 78.1 Å². The Morgan fingerprint density at radius 2 is 1.90 bits per heavy atom. The van der Waals surface area contributed by atoms with Gasteiger partial charge in [0.1, 0.15) is 5.75 Å². The molecule has 1 heterocycles. The van der Waals surface area contributed by atoms with Crippen LogP contribution in [0, 0.1) is 6.92 Å². The predicted molar refractivity (Wildman–Crippen MR) is 135 cm³/mol. The Morgan fingerprint density at radius 1 is 1.17 bits per heavy atom. The number of aryl methyl sites for hydroxylation is 1. The summed E-state index contributed by atoms with van der Waals surface area (Å²) in [7, 11) is 5.71. The van der Waals surface area contributed by atoms with Crippen molar-refractivity contribution in [1.29, 1.82) is 0 Å². The van der Waals surface area contributed by atoms with E-state index < -0.39 is 0 Å². The molecule has 0 spiro atoms. The Kier molecular flexibility index (Phi) is 13.3. The fourth-order valence-electron chi connectivity index (χ4n) is 3.36. The summed E-state index contributed by atoms with van der Waals surface area (Å²) in [6, 6.07) is 6.80. The van der Waals surface area contributed by atoms with Gasteiger partial charge >= 0.3 is 0 Å². The second-order valence-corrected chi connectivity index (χ2v) is 7.80. The molecular weight excluding hydrogens is 493 g/mol. The number of nitrogens with one attached hydrogen (secondary N) is 2. The van der Waals surface area contributed by atoms with Gasteiger partial charge in [0.15, 0.2) is 5.96 Å². The molecule has 1 fully saturated rings. The molecule has 0 aromatic heterocycles. The van der Waals surface area contributed by atoms with Crippen LogP contribution >= 0.6 is 24.0 Å². The van der Waals surface area contributed by atoms with Crippen molar-refractivity contribution in [3.05, 3.63) is 29.3 Å². The monoisotopic (exact) mass is 533 g/mol. The molecule has 2 rings (SSSR count).